The average molecular weight is 237 g/mol. The zero-order valence-corrected chi connectivity index (χ0v) is 11.3. The average Bonchev–Trinajstić information content (AvgIpc) is 2.27. The highest BCUT2D eigenvalue weighted by Crippen LogP contribution is 2.20. The van der Waals surface area contributed by atoms with Gasteiger partial charge in [0.1, 0.15) is 5.75 Å². The number of aliphatic hydroxyl groups is 1. The Balaban J connectivity index is 2.72. The molecule has 2 unspecified atom stereocenters. The summed E-state index contributed by atoms with van der Waals surface area (Å²) in [5.41, 5.74) is 0.424. The van der Waals surface area contributed by atoms with Crippen LogP contribution in [0.2, 0.25) is 0 Å². The molecule has 0 aliphatic rings. The number of benzene rings is 1. The van der Waals surface area contributed by atoms with Gasteiger partial charge in [0.05, 0.1) is 12.7 Å². The van der Waals surface area contributed by atoms with E-state index in [-0.39, 0.29) is 12.1 Å². The van der Waals surface area contributed by atoms with Crippen LogP contribution in [-0.4, -0.2) is 23.9 Å². The van der Waals surface area contributed by atoms with Crippen LogP contribution in [0.1, 0.15) is 39.3 Å². The maximum atomic E-state index is 9.90. The van der Waals surface area contributed by atoms with Crippen LogP contribution in [0.15, 0.2) is 24.3 Å². The van der Waals surface area contributed by atoms with Crippen LogP contribution in [0.4, 0.5) is 0 Å². The molecule has 0 aromatic heterocycles. The zero-order chi connectivity index (χ0) is 13.1. The monoisotopic (exact) mass is 237 g/mol. The van der Waals surface area contributed by atoms with Gasteiger partial charge in [-0.15, -0.1) is 0 Å². The maximum absolute atomic E-state index is 9.90. The molecule has 96 valence electrons. The van der Waals surface area contributed by atoms with Crippen LogP contribution in [0, 0.1) is 0 Å². The van der Waals surface area contributed by atoms with Gasteiger partial charge >= 0.3 is 0 Å². The van der Waals surface area contributed by atoms with Crippen LogP contribution in [0.25, 0.3) is 0 Å². The fourth-order valence-corrected chi connectivity index (χ4v) is 1.59. The normalized spacial score (nSPS) is 15.4. The Morgan fingerprint density at radius 1 is 1.29 bits per heavy atom. The van der Waals surface area contributed by atoms with Crippen molar-refractivity contribution in [3.8, 4) is 5.75 Å². The lowest BCUT2D eigenvalue weighted by Gasteiger charge is -2.30. The Labute approximate surface area is 104 Å². The van der Waals surface area contributed by atoms with E-state index in [0.717, 1.165) is 11.3 Å². The molecule has 3 nitrogen and oxygen atoms in total. The van der Waals surface area contributed by atoms with Crippen LogP contribution in [0.3, 0.4) is 0 Å². The van der Waals surface area contributed by atoms with Crippen molar-refractivity contribution in [1.82, 2.24) is 5.32 Å². The Morgan fingerprint density at radius 2 is 1.94 bits per heavy atom. The van der Waals surface area contributed by atoms with E-state index in [1.54, 1.807) is 7.11 Å². The molecule has 1 aromatic rings. The van der Waals surface area contributed by atoms with Crippen LogP contribution < -0.4 is 10.1 Å². The molecule has 0 spiro atoms. The van der Waals surface area contributed by atoms with E-state index in [1.165, 1.54) is 0 Å². The number of methoxy groups -OCH3 is 1. The van der Waals surface area contributed by atoms with E-state index in [4.69, 9.17) is 4.74 Å². The molecule has 2 N–H and O–H groups in total. The molecule has 1 rings (SSSR count). The van der Waals surface area contributed by atoms with Crippen molar-refractivity contribution in [3.05, 3.63) is 29.8 Å². The van der Waals surface area contributed by atoms with Crippen molar-refractivity contribution in [3.63, 3.8) is 0 Å². The molecule has 0 aliphatic carbocycles. The van der Waals surface area contributed by atoms with E-state index < -0.39 is 5.60 Å². The number of hydrogen-bond donors (Lipinski definition) is 2. The summed E-state index contributed by atoms with van der Waals surface area (Å²) < 4.78 is 5.20. The van der Waals surface area contributed by atoms with Crippen molar-refractivity contribution in [1.29, 1.82) is 0 Å². The van der Waals surface area contributed by atoms with E-state index in [0.29, 0.717) is 0 Å². The first kappa shape index (κ1) is 14.0. The van der Waals surface area contributed by atoms with Crippen molar-refractivity contribution in [2.24, 2.45) is 0 Å². The molecule has 0 radical (unpaired) electrons. The second kappa shape index (κ2) is 5.52. The molecule has 1 aromatic carbocycles. The lowest BCUT2D eigenvalue weighted by atomic mass is 9.98. The summed E-state index contributed by atoms with van der Waals surface area (Å²) in [7, 11) is 1.66. The predicted octanol–water partition coefficient (Wildman–Crippen LogP) is 2.51. The minimum Gasteiger partial charge on any atom is -0.497 e. The number of rotatable bonds is 5. The van der Waals surface area contributed by atoms with Gasteiger partial charge in [-0.2, -0.15) is 0 Å². The lowest BCUT2D eigenvalue weighted by molar-refractivity contribution is 0.0405. The Hall–Kier alpha value is -1.06. The fourth-order valence-electron chi connectivity index (χ4n) is 1.59. The van der Waals surface area contributed by atoms with Crippen molar-refractivity contribution in [2.75, 3.05) is 7.11 Å². The fraction of sp³-hybridized carbons (Fsp3) is 0.571. The van der Waals surface area contributed by atoms with Crippen molar-refractivity contribution < 1.29 is 9.84 Å². The van der Waals surface area contributed by atoms with Crippen LogP contribution in [-0.2, 0) is 0 Å². The van der Waals surface area contributed by atoms with Gasteiger partial charge in [-0.3, -0.25) is 0 Å². The number of nitrogens with one attached hydrogen (secondary N) is 1. The third-order valence-corrected chi connectivity index (χ3v) is 3.15. The van der Waals surface area contributed by atoms with Gasteiger partial charge in [0, 0.05) is 12.1 Å². The SMILES string of the molecule is COc1cccc(C(C)NC(C)C(C)(C)O)c1. The summed E-state index contributed by atoms with van der Waals surface area (Å²) in [6.45, 7) is 7.68. The molecule has 0 fully saturated rings. The second-order valence-corrected chi connectivity index (χ2v) is 5.04. The van der Waals surface area contributed by atoms with Gasteiger partial charge < -0.3 is 15.2 Å². The first-order valence-corrected chi connectivity index (χ1v) is 5.97. The third-order valence-electron chi connectivity index (χ3n) is 3.15. The van der Waals surface area contributed by atoms with Crippen molar-refractivity contribution >= 4 is 0 Å². The number of ether oxygens (including phenoxy) is 1. The summed E-state index contributed by atoms with van der Waals surface area (Å²) in [6.07, 6.45) is 0. The van der Waals surface area contributed by atoms with Gasteiger partial charge in [0.2, 0.25) is 0 Å². The molecule has 0 aliphatic heterocycles. The first-order chi connectivity index (χ1) is 7.84. The summed E-state index contributed by atoms with van der Waals surface area (Å²) >= 11 is 0. The Bertz CT molecular complexity index is 357. The minimum atomic E-state index is -0.729. The maximum Gasteiger partial charge on any atom is 0.119 e. The molecule has 17 heavy (non-hydrogen) atoms. The van der Waals surface area contributed by atoms with E-state index in [2.05, 4.69) is 18.3 Å². The molecule has 0 amide bonds. The van der Waals surface area contributed by atoms with Gasteiger partial charge in [0.15, 0.2) is 0 Å². The van der Waals surface area contributed by atoms with Crippen molar-refractivity contribution in [2.45, 2.75) is 45.4 Å². The zero-order valence-electron chi connectivity index (χ0n) is 11.3. The van der Waals surface area contributed by atoms with Crippen LogP contribution >= 0.6 is 0 Å². The lowest BCUT2D eigenvalue weighted by Crippen LogP contribution is -2.45. The van der Waals surface area contributed by atoms with E-state index in [1.807, 2.05) is 39.0 Å². The van der Waals surface area contributed by atoms with E-state index in [9.17, 15) is 5.11 Å². The first-order valence-electron chi connectivity index (χ1n) is 5.97. The van der Waals surface area contributed by atoms with Crippen LogP contribution in [0.5, 0.6) is 5.75 Å². The molecular weight excluding hydrogens is 214 g/mol. The molecule has 0 bridgehead atoms. The standard InChI is InChI=1S/C14H23NO2/c1-10(15-11(2)14(3,4)16)12-7-6-8-13(9-12)17-5/h6-11,15-16H,1-5H3. The second-order valence-electron chi connectivity index (χ2n) is 5.04. The molecule has 0 heterocycles. The molecule has 3 heteroatoms. The number of hydrogen-bond acceptors (Lipinski definition) is 3. The smallest absolute Gasteiger partial charge is 0.119 e. The molecular formula is C14H23NO2. The van der Waals surface area contributed by atoms with Gasteiger partial charge in [-0.1, -0.05) is 12.1 Å². The van der Waals surface area contributed by atoms with Gasteiger partial charge in [-0.05, 0) is 45.4 Å². The summed E-state index contributed by atoms with van der Waals surface area (Å²) in [4.78, 5) is 0. The predicted molar refractivity (Wildman–Crippen MR) is 70.3 cm³/mol. The van der Waals surface area contributed by atoms with E-state index >= 15 is 0 Å². The summed E-state index contributed by atoms with van der Waals surface area (Å²) in [6, 6.07) is 8.15. The highest BCUT2D eigenvalue weighted by atomic mass is 16.5. The molecule has 0 saturated carbocycles. The Kier molecular flexibility index (Phi) is 4.54. The highest BCUT2D eigenvalue weighted by Gasteiger charge is 2.23. The quantitative estimate of drug-likeness (QED) is 0.826. The largest absolute Gasteiger partial charge is 0.497 e. The Morgan fingerprint density at radius 3 is 2.47 bits per heavy atom. The molecule has 2 atom stereocenters. The highest BCUT2D eigenvalue weighted by molar-refractivity contribution is 5.30. The topological polar surface area (TPSA) is 41.5 Å². The molecule has 0 saturated heterocycles. The summed E-state index contributed by atoms with van der Waals surface area (Å²) in [5, 5.41) is 13.3. The van der Waals surface area contributed by atoms with Gasteiger partial charge in [0.25, 0.3) is 0 Å². The third kappa shape index (κ3) is 4.02. The summed E-state index contributed by atoms with van der Waals surface area (Å²) in [5.74, 6) is 0.854. The van der Waals surface area contributed by atoms with Gasteiger partial charge in [-0.25, -0.2) is 0 Å². The minimum absolute atomic E-state index is 0.0173.